The van der Waals surface area contributed by atoms with Crippen LogP contribution in [0.3, 0.4) is 0 Å². The van der Waals surface area contributed by atoms with Crippen molar-refractivity contribution in [2.24, 2.45) is 0 Å². The third-order valence-electron chi connectivity index (χ3n) is 4.27. The predicted octanol–water partition coefficient (Wildman–Crippen LogP) is 3.96. The molecule has 1 aliphatic heterocycles. The fourth-order valence-corrected chi connectivity index (χ4v) is 3.22. The van der Waals surface area contributed by atoms with Crippen molar-refractivity contribution in [3.63, 3.8) is 0 Å². The van der Waals surface area contributed by atoms with E-state index < -0.39 is 0 Å². The number of nitrogens with zero attached hydrogens (tertiary/aromatic N) is 1. The second kappa shape index (κ2) is 5.18. The molecule has 0 N–H and O–H groups in total. The van der Waals surface area contributed by atoms with Gasteiger partial charge >= 0.3 is 0 Å². The van der Waals surface area contributed by atoms with Gasteiger partial charge in [-0.25, -0.2) is 0 Å². The first kappa shape index (κ1) is 12.4. The topological polar surface area (TPSA) is 3.24 Å². The van der Waals surface area contributed by atoms with Crippen molar-refractivity contribution in [2.45, 2.75) is 26.3 Å². The Labute approximate surface area is 115 Å². The van der Waals surface area contributed by atoms with Gasteiger partial charge in [0.15, 0.2) is 0 Å². The lowest BCUT2D eigenvalue weighted by molar-refractivity contribution is 0.224. The van der Waals surface area contributed by atoms with Crippen LogP contribution in [-0.2, 0) is 6.42 Å². The fraction of sp³-hybridized carbons (Fsp3) is 0.333. The molecule has 1 unspecified atom stereocenters. The van der Waals surface area contributed by atoms with Crippen LogP contribution in [0.5, 0.6) is 0 Å². The smallest absolute Gasteiger partial charge is 0.0607 e. The van der Waals surface area contributed by atoms with Gasteiger partial charge in [0.1, 0.15) is 0 Å². The van der Waals surface area contributed by atoms with Gasteiger partial charge in [0.2, 0.25) is 0 Å². The van der Waals surface area contributed by atoms with Crippen LogP contribution in [0.2, 0.25) is 0 Å². The standard InChI is InChI=1S/C18H21N/c1-3-19-13-12-15-9-5-7-11-17(15)18(19)16-10-6-4-8-14(16)2/h4-11,18H,3,12-13H2,1-2H3. The van der Waals surface area contributed by atoms with Gasteiger partial charge in [0.05, 0.1) is 6.04 Å². The molecule has 19 heavy (non-hydrogen) atoms. The van der Waals surface area contributed by atoms with Crippen molar-refractivity contribution in [3.8, 4) is 0 Å². The predicted molar refractivity (Wildman–Crippen MR) is 80.4 cm³/mol. The molecule has 1 heterocycles. The maximum Gasteiger partial charge on any atom is 0.0607 e. The van der Waals surface area contributed by atoms with Crippen molar-refractivity contribution in [1.82, 2.24) is 4.90 Å². The summed E-state index contributed by atoms with van der Waals surface area (Å²) in [5.41, 5.74) is 5.85. The van der Waals surface area contributed by atoms with Gasteiger partial charge in [-0.05, 0) is 42.1 Å². The molecular formula is C18H21N. The Morgan fingerprint density at radius 2 is 1.68 bits per heavy atom. The summed E-state index contributed by atoms with van der Waals surface area (Å²) in [6.07, 6.45) is 1.17. The number of fused-ring (bicyclic) bond motifs is 1. The summed E-state index contributed by atoms with van der Waals surface area (Å²) in [6, 6.07) is 18.1. The molecule has 0 amide bonds. The molecule has 0 saturated carbocycles. The van der Waals surface area contributed by atoms with E-state index in [9.17, 15) is 0 Å². The maximum atomic E-state index is 2.59. The van der Waals surface area contributed by atoms with Crippen LogP contribution in [0.15, 0.2) is 48.5 Å². The Morgan fingerprint density at radius 1 is 1.00 bits per heavy atom. The molecule has 2 aromatic rings. The average molecular weight is 251 g/mol. The summed E-state index contributed by atoms with van der Waals surface area (Å²) in [4.78, 5) is 2.59. The van der Waals surface area contributed by atoms with E-state index in [1.54, 1.807) is 0 Å². The molecule has 0 spiro atoms. The number of hydrogen-bond acceptors (Lipinski definition) is 1. The molecule has 98 valence electrons. The van der Waals surface area contributed by atoms with Gasteiger partial charge in [-0.15, -0.1) is 0 Å². The van der Waals surface area contributed by atoms with Gasteiger partial charge in [-0.1, -0.05) is 55.5 Å². The maximum absolute atomic E-state index is 2.59. The SMILES string of the molecule is CCN1CCc2ccccc2C1c1ccccc1C. The molecule has 0 fully saturated rings. The Bertz CT molecular complexity index is 573. The number of rotatable bonds is 2. The minimum atomic E-state index is 0.427. The lowest BCUT2D eigenvalue weighted by atomic mass is 9.86. The number of aryl methyl sites for hydroxylation is 1. The highest BCUT2D eigenvalue weighted by molar-refractivity contribution is 5.42. The van der Waals surface area contributed by atoms with Crippen molar-refractivity contribution in [2.75, 3.05) is 13.1 Å². The first-order chi connectivity index (χ1) is 9.31. The third-order valence-corrected chi connectivity index (χ3v) is 4.27. The Kier molecular flexibility index (Phi) is 3.39. The van der Waals surface area contributed by atoms with E-state index in [4.69, 9.17) is 0 Å². The van der Waals surface area contributed by atoms with Crippen LogP contribution in [0.4, 0.5) is 0 Å². The molecule has 2 aromatic carbocycles. The summed E-state index contributed by atoms with van der Waals surface area (Å²) < 4.78 is 0. The van der Waals surface area contributed by atoms with Crippen LogP contribution in [-0.4, -0.2) is 18.0 Å². The molecule has 0 aliphatic carbocycles. The number of likely N-dealkylation sites (N-methyl/N-ethyl adjacent to an activating group) is 1. The largest absolute Gasteiger partial charge is 0.292 e. The number of hydrogen-bond donors (Lipinski definition) is 0. The zero-order valence-corrected chi connectivity index (χ0v) is 11.8. The van der Waals surface area contributed by atoms with E-state index in [1.165, 1.54) is 28.7 Å². The summed E-state index contributed by atoms with van der Waals surface area (Å²) >= 11 is 0. The highest BCUT2D eigenvalue weighted by Crippen LogP contribution is 2.35. The van der Waals surface area contributed by atoms with Crippen molar-refractivity contribution in [3.05, 3.63) is 70.8 Å². The summed E-state index contributed by atoms with van der Waals surface area (Å²) in [6.45, 7) is 6.75. The van der Waals surface area contributed by atoms with Gasteiger partial charge in [0, 0.05) is 6.54 Å². The summed E-state index contributed by atoms with van der Waals surface area (Å²) in [5.74, 6) is 0. The molecule has 1 heteroatoms. The van der Waals surface area contributed by atoms with E-state index >= 15 is 0 Å². The molecule has 0 bridgehead atoms. The van der Waals surface area contributed by atoms with Gasteiger partial charge in [-0.3, -0.25) is 4.90 Å². The van der Waals surface area contributed by atoms with Crippen LogP contribution < -0.4 is 0 Å². The lowest BCUT2D eigenvalue weighted by Gasteiger charge is -2.37. The van der Waals surface area contributed by atoms with E-state index in [0.717, 1.165) is 13.1 Å². The summed E-state index contributed by atoms with van der Waals surface area (Å²) in [5, 5.41) is 0. The van der Waals surface area contributed by atoms with Crippen LogP contribution in [0.1, 0.15) is 35.2 Å². The molecule has 0 saturated heterocycles. The van der Waals surface area contributed by atoms with Gasteiger partial charge < -0.3 is 0 Å². The van der Waals surface area contributed by atoms with E-state index in [2.05, 4.69) is 67.3 Å². The molecule has 0 radical (unpaired) electrons. The second-order valence-corrected chi connectivity index (χ2v) is 5.34. The monoisotopic (exact) mass is 251 g/mol. The molecule has 0 aromatic heterocycles. The Hall–Kier alpha value is -1.60. The molecule has 1 nitrogen and oxygen atoms in total. The molecule has 3 rings (SSSR count). The van der Waals surface area contributed by atoms with Crippen molar-refractivity contribution >= 4 is 0 Å². The molecule has 1 atom stereocenters. The van der Waals surface area contributed by atoms with E-state index in [-0.39, 0.29) is 0 Å². The number of benzene rings is 2. The zero-order chi connectivity index (χ0) is 13.2. The van der Waals surface area contributed by atoms with E-state index in [0.29, 0.717) is 6.04 Å². The molecule has 1 aliphatic rings. The summed E-state index contributed by atoms with van der Waals surface area (Å²) in [7, 11) is 0. The quantitative estimate of drug-likeness (QED) is 0.781. The fourth-order valence-electron chi connectivity index (χ4n) is 3.22. The van der Waals surface area contributed by atoms with Crippen LogP contribution in [0, 0.1) is 6.92 Å². The Balaban J connectivity index is 2.13. The van der Waals surface area contributed by atoms with E-state index in [1.807, 2.05) is 0 Å². The van der Waals surface area contributed by atoms with Gasteiger partial charge in [0.25, 0.3) is 0 Å². The normalized spacial score (nSPS) is 19.2. The Morgan fingerprint density at radius 3 is 2.42 bits per heavy atom. The second-order valence-electron chi connectivity index (χ2n) is 5.34. The highest BCUT2D eigenvalue weighted by Gasteiger charge is 2.27. The van der Waals surface area contributed by atoms with Crippen LogP contribution >= 0.6 is 0 Å². The minimum absolute atomic E-state index is 0.427. The van der Waals surface area contributed by atoms with Crippen LogP contribution in [0.25, 0.3) is 0 Å². The first-order valence-electron chi connectivity index (χ1n) is 7.18. The first-order valence-corrected chi connectivity index (χ1v) is 7.18. The van der Waals surface area contributed by atoms with Crippen molar-refractivity contribution < 1.29 is 0 Å². The third kappa shape index (κ3) is 2.19. The minimum Gasteiger partial charge on any atom is -0.292 e. The van der Waals surface area contributed by atoms with Gasteiger partial charge in [-0.2, -0.15) is 0 Å². The average Bonchev–Trinajstić information content (AvgIpc) is 2.47. The van der Waals surface area contributed by atoms with Crippen molar-refractivity contribution in [1.29, 1.82) is 0 Å². The zero-order valence-electron chi connectivity index (χ0n) is 11.8. The lowest BCUT2D eigenvalue weighted by Crippen LogP contribution is -2.36. The molecular weight excluding hydrogens is 230 g/mol. The highest BCUT2D eigenvalue weighted by atomic mass is 15.2.